The molecule has 3 amide bonds. The number of hydrogen-bond acceptors (Lipinski definition) is 8. The van der Waals surface area contributed by atoms with E-state index in [0.717, 1.165) is 0 Å². The maximum Gasteiger partial charge on any atom is 0.326 e. The molecule has 14 nitrogen and oxygen atoms in total. The lowest BCUT2D eigenvalue weighted by molar-refractivity contribution is -0.147. The van der Waals surface area contributed by atoms with Crippen LogP contribution in [0.25, 0.3) is 0 Å². The van der Waals surface area contributed by atoms with Crippen LogP contribution in [0, 0.1) is 5.92 Å². The Kier molecular flexibility index (Phi) is 13.1. The Morgan fingerprint density at radius 3 is 2.11 bits per heavy atom. The van der Waals surface area contributed by atoms with Crippen molar-refractivity contribution in [1.82, 2.24) is 25.9 Å². The summed E-state index contributed by atoms with van der Waals surface area (Å²) in [6, 6.07) is -4.83. The van der Waals surface area contributed by atoms with E-state index in [1.807, 2.05) is 0 Å². The third-order valence-electron chi connectivity index (χ3n) is 5.25. The first-order chi connectivity index (χ1) is 16.9. The number of amides is 3. The van der Waals surface area contributed by atoms with Gasteiger partial charge in [0.1, 0.15) is 18.1 Å². The van der Waals surface area contributed by atoms with Gasteiger partial charge >= 0.3 is 11.9 Å². The average molecular weight is 512 g/mol. The Morgan fingerprint density at radius 1 is 0.972 bits per heavy atom. The van der Waals surface area contributed by atoms with Gasteiger partial charge in [-0.15, -0.1) is 0 Å². The number of rotatable bonds is 17. The first-order valence-electron chi connectivity index (χ1n) is 11.7. The molecule has 0 fully saturated rings. The third kappa shape index (κ3) is 11.3. The summed E-state index contributed by atoms with van der Waals surface area (Å²) >= 11 is 0. The number of carbonyl (C=O) groups excluding carboxylic acids is 3. The quantitative estimate of drug-likeness (QED) is 0.112. The molecular weight excluding hydrogens is 474 g/mol. The molecule has 4 atom stereocenters. The van der Waals surface area contributed by atoms with Crippen LogP contribution in [0.1, 0.15) is 51.6 Å². The molecule has 14 heteroatoms. The normalized spacial score (nSPS) is 14.4. The lowest BCUT2D eigenvalue weighted by atomic mass is 10.0. The number of carbonyl (C=O) groups is 5. The number of hydrogen-bond donors (Lipinski definition) is 8. The molecule has 202 valence electrons. The highest BCUT2D eigenvalue weighted by Crippen LogP contribution is 2.08. The van der Waals surface area contributed by atoms with Crippen LogP contribution in [-0.4, -0.2) is 80.6 Å². The standard InChI is InChI=1S/C22H37N7O7/c1-12(2)7-15(20(33)29-17(22(35)36)9-18(30)31)28-21(34)16(8-13-10-25-11-26-13)27-19(32)14(24)5-3-4-6-23/h10-12,14-17H,3-9,23-24H2,1-2H3,(H,25,26)(H,27,32)(H,28,34)(H,29,33)(H,30,31)(H,35,36). The minimum atomic E-state index is -1.67. The van der Waals surface area contributed by atoms with E-state index in [9.17, 15) is 29.1 Å². The molecule has 4 unspecified atom stereocenters. The largest absolute Gasteiger partial charge is 0.481 e. The summed E-state index contributed by atoms with van der Waals surface area (Å²) in [6.07, 6.45) is 3.94. The summed E-state index contributed by atoms with van der Waals surface area (Å²) in [5.41, 5.74) is 12.0. The number of nitrogens with zero attached hydrogens (tertiary/aromatic N) is 1. The second-order valence-corrected chi connectivity index (χ2v) is 8.92. The van der Waals surface area contributed by atoms with Gasteiger partial charge in [-0.05, 0) is 31.7 Å². The lowest BCUT2D eigenvalue weighted by Crippen LogP contribution is -2.58. The molecule has 0 bridgehead atoms. The fraction of sp³-hybridized carbons (Fsp3) is 0.636. The highest BCUT2D eigenvalue weighted by Gasteiger charge is 2.31. The first-order valence-corrected chi connectivity index (χ1v) is 11.7. The zero-order chi connectivity index (χ0) is 27.3. The number of unbranched alkanes of at least 4 members (excludes halogenated alkanes) is 1. The van der Waals surface area contributed by atoms with Gasteiger partial charge in [0.2, 0.25) is 17.7 Å². The van der Waals surface area contributed by atoms with Crippen molar-refractivity contribution >= 4 is 29.7 Å². The van der Waals surface area contributed by atoms with Gasteiger partial charge < -0.3 is 42.6 Å². The Balaban J connectivity index is 3.02. The maximum atomic E-state index is 13.2. The summed E-state index contributed by atoms with van der Waals surface area (Å²) in [5, 5.41) is 25.5. The number of carboxylic acids is 2. The van der Waals surface area contributed by atoms with Crippen LogP contribution in [-0.2, 0) is 30.4 Å². The van der Waals surface area contributed by atoms with Crippen molar-refractivity contribution in [2.24, 2.45) is 17.4 Å². The van der Waals surface area contributed by atoms with Gasteiger partial charge in [0.15, 0.2) is 0 Å². The monoisotopic (exact) mass is 511 g/mol. The van der Waals surface area contributed by atoms with Crippen molar-refractivity contribution in [1.29, 1.82) is 0 Å². The van der Waals surface area contributed by atoms with Crippen LogP contribution in [0.4, 0.5) is 0 Å². The fourth-order valence-electron chi connectivity index (χ4n) is 3.37. The second-order valence-electron chi connectivity index (χ2n) is 8.92. The lowest BCUT2D eigenvalue weighted by Gasteiger charge is -2.25. The van der Waals surface area contributed by atoms with Gasteiger partial charge in [-0.25, -0.2) is 9.78 Å². The van der Waals surface area contributed by atoms with E-state index in [4.69, 9.17) is 16.6 Å². The van der Waals surface area contributed by atoms with Gasteiger partial charge in [0.05, 0.1) is 18.8 Å². The molecule has 0 radical (unpaired) electrons. The van der Waals surface area contributed by atoms with Crippen LogP contribution < -0.4 is 27.4 Å². The van der Waals surface area contributed by atoms with Gasteiger partial charge in [0, 0.05) is 18.3 Å². The predicted octanol–water partition coefficient (Wildman–Crippen LogP) is -1.53. The highest BCUT2D eigenvalue weighted by molar-refractivity contribution is 5.94. The molecule has 10 N–H and O–H groups in total. The van der Waals surface area contributed by atoms with E-state index in [0.29, 0.717) is 31.5 Å². The summed E-state index contributed by atoms with van der Waals surface area (Å²) in [4.78, 5) is 67.7. The molecule has 0 saturated carbocycles. The maximum absolute atomic E-state index is 13.2. The van der Waals surface area contributed by atoms with Crippen molar-refractivity contribution in [2.75, 3.05) is 6.54 Å². The van der Waals surface area contributed by atoms with Crippen molar-refractivity contribution in [3.63, 3.8) is 0 Å². The fourth-order valence-corrected chi connectivity index (χ4v) is 3.37. The molecule has 1 aromatic rings. The van der Waals surface area contributed by atoms with Crippen molar-refractivity contribution in [3.05, 3.63) is 18.2 Å². The number of imidazole rings is 1. The van der Waals surface area contributed by atoms with Crippen molar-refractivity contribution in [3.8, 4) is 0 Å². The number of aromatic nitrogens is 2. The molecule has 1 rings (SSSR count). The van der Waals surface area contributed by atoms with E-state index in [2.05, 4.69) is 25.9 Å². The minimum Gasteiger partial charge on any atom is -0.481 e. The van der Waals surface area contributed by atoms with Crippen molar-refractivity contribution < 1.29 is 34.2 Å². The molecule has 0 aromatic carbocycles. The predicted molar refractivity (Wildman–Crippen MR) is 128 cm³/mol. The number of nitrogens with one attached hydrogen (secondary N) is 4. The number of H-pyrrole nitrogens is 1. The van der Waals surface area contributed by atoms with Gasteiger partial charge in [-0.2, -0.15) is 0 Å². The summed E-state index contributed by atoms with van der Waals surface area (Å²) in [7, 11) is 0. The second kappa shape index (κ2) is 15.5. The third-order valence-corrected chi connectivity index (χ3v) is 5.25. The molecule has 0 saturated heterocycles. The molecule has 1 heterocycles. The van der Waals surface area contributed by atoms with E-state index >= 15 is 0 Å². The molecule has 0 aliphatic carbocycles. The summed E-state index contributed by atoms with van der Waals surface area (Å²) < 4.78 is 0. The molecule has 36 heavy (non-hydrogen) atoms. The summed E-state index contributed by atoms with van der Waals surface area (Å²) in [6.45, 7) is 4.05. The molecule has 0 aliphatic rings. The SMILES string of the molecule is CC(C)CC(NC(=O)C(Cc1cnc[nH]1)NC(=O)C(N)CCCCN)C(=O)NC(CC(=O)O)C(=O)O. The van der Waals surface area contributed by atoms with Gasteiger partial charge in [0.25, 0.3) is 0 Å². The minimum absolute atomic E-state index is 0.0277. The van der Waals surface area contributed by atoms with E-state index in [1.54, 1.807) is 13.8 Å². The van der Waals surface area contributed by atoms with Crippen LogP contribution in [0.5, 0.6) is 0 Å². The highest BCUT2D eigenvalue weighted by atomic mass is 16.4. The molecular formula is C22H37N7O7. The van der Waals surface area contributed by atoms with Crippen molar-refractivity contribution in [2.45, 2.75) is 76.5 Å². The van der Waals surface area contributed by atoms with Gasteiger partial charge in [-0.1, -0.05) is 20.3 Å². The van der Waals surface area contributed by atoms with Crippen LogP contribution >= 0.6 is 0 Å². The van der Waals surface area contributed by atoms with Crippen LogP contribution in [0.2, 0.25) is 0 Å². The van der Waals surface area contributed by atoms with E-state index < -0.39 is 60.2 Å². The number of aliphatic carboxylic acids is 2. The zero-order valence-electron chi connectivity index (χ0n) is 20.5. The Bertz CT molecular complexity index is 876. The molecule has 0 spiro atoms. The van der Waals surface area contributed by atoms with Gasteiger partial charge in [-0.3, -0.25) is 19.2 Å². The number of nitrogens with two attached hydrogens (primary N) is 2. The number of aromatic amines is 1. The van der Waals surface area contributed by atoms with Crippen LogP contribution in [0.15, 0.2) is 12.5 Å². The Hall–Kier alpha value is -3.52. The Labute approximate surface area is 209 Å². The van der Waals surface area contributed by atoms with E-state index in [1.165, 1.54) is 12.5 Å². The first kappa shape index (κ1) is 30.5. The Morgan fingerprint density at radius 2 is 1.58 bits per heavy atom. The van der Waals surface area contributed by atoms with Crippen LogP contribution in [0.3, 0.4) is 0 Å². The average Bonchev–Trinajstić information content (AvgIpc) is 3.30. The van der Waals surface area contributed by atoms with E-state index in [-0.39, 0.29) is 18.8 Å². The smallest absolute Gasteiger partial charge is 0.326 e. The zero-order valence-corrected chi connectivity index (χ0v) is 20.5. The summed E-state index contributed by atoms with van der Waals surface area (Å²) in [5.74, 6) is -5.11. The number of carboxylic acid groups (broad SMARTS) is 2. The topological polar surface area (TPSA) is 243 Å². The molecule has 0 aliphatic heterocycles. The molecule has 1 aromatic heterocycles.